The summed E-state index contributed by atoms with van der Waals surface area (Å²) in [6.07, 6.45) is 11.9. The van der Waals surface area contributed by atoms with Crippen LogP contribution in [-0.4, -0.2) is 25.0 Å². The third kappa shape index (κ3) is 11.0. The zero-order valence-electron chi connectivity index (χ0n) is 26.2. The molecule has 0 saturated heterocycles. The lowest BCUT2D eigenvalue weighted by Gasteiger charge is -2.08. The van der Waals surface area contributed by atoms with E-state index in [0.29, 0.717) is 35.7 Å². The average molecular weight is 605 g/mol. The Bertz CT molecular complexity index is 1520. The van der Waals surface area contributed by atoms with Crippen LogP contribution in [0.1, 0.15) is 83.7 Å². The van der Waals surface area contributed by atoms with Gasteiger partial charge in [-0.1, -0.05) is 86.5 Å². The van der Waals surface area contributed by atoms with Gasteiger partial charge in [-0.2, -0.15) is 0 Å². The smallest absolute Gasteiger partial charge is 0.338 e. The van der Waals surface area contributed by atoms with Gasteiger partial charge in [-0.15, -0.1) is 0 Å². The number of carbonyl (C=O) groups excluding carboxylic acids is 2. The van der Waals surface area contributed by atoms with Crippen LogP contribution in [0.4, 0.5) is 11.4 Å². The molecular weight excluding hydrogens is 560 g/mol. The van der Waals surface area contributed by atoms with E-state index < -0.39 is 5.97 Å². The maximum atomic E-state index is 12.7. The van der Waals surface area contributed by atoms with E-state index in [9.17, 15) is 9.59 Å². The summed E-state index contributed by atoms with van der Waals surface area (Å²) in [4.78, 5) is 24.9. The number of carbonyl (C=O) groups is 2. The highest BCUT2D eigenvalue weighted by atomic mass is 16.5. The van der Waals surface area contributed by atoms with Crippen molar-refractivity contribution in [2.45, 2.75) is 58.3 Å². The Balaban J connectivity index is 1.12. The van der Waals surface area contributed by atoms with E-state index in [-0.39, 0.29) is 5.78 Å². The van der Waals surface area contributed by atoms with Gasteiger partial charge < -0.3 is 20.9 Å². The van der Waals surface area contributed by atoms with Crippen molar-refractivity contribution in [3.05, 3.63) is 119 Å². The van der Waals surface area contributed by atoms with Crippen molar-refractivity contribution in [3.63, 3.8) is 0 Å². The Kier molecular flexibility index (Phi) is 12.8. The monoisotopic (exact) mass is 604 g/mol. The van der Waals surface area contributed by atoms with Gasteiger partial charge in [0.1, 0.15) is 5.75 Å². The van der Waals surface area contributed by atoms with Gasteiger partial charge in [0, 0.05) is 16.9 Å². The van der Waals surface area contributed by atoms with Gasteiger partial charge in [-0.3, -0.25) is 4.79 Å². The fraction of sp³-hybridized carbons (Fsp3) is 0.282. The van der Waals surface area contributed by atoms with Crippen molar-refractivity contribution >= 4 is 29.2 Å². The minimum absolute atomic E-state index is 0.0302. The molecule has 0 atom stereocenters. The average Bonchev–Trinajstić information content (AvgIpc) is 3.05. The fourth-order valence-electron chi connectivity index (χ4n) is 5.00. The summed E-state index contributed by atoms with van der Waals surface area (Å²) in [7, 11) is 0. The summed E-state index contributed by atoms with van der Waals surface area (Å²) in [5, 5.41) is 0. The predicted octanol–water partition coefficient (Wildman–Crippen LogP) is 8.94. The number of aryl methyl sites for hydroxylation is 1. The van der Waals surface area contributed by atoms with Crippen LogP contribution in [-0.2, 0) is 11.2 Å². The highest BCUT2D eigenvalue weighted by molar-refractivity contribution is 6.07. The Labute approximate surface area is 267 Å². The van der Waals surface area contributed by atoms with Crippen LogP contribution in [0.25, 0.3) is 17.2 Å². The predicted molar refractivity (Wildman–Crippen MR) is 184 cm³/mol. The van der Waals surface area contributed by atoms with Crippen LogP contribution in [0, 0.1) is 0 Å². The maximum Gasteiger partial charge on any atom is 0.338 e. The quantitative estimate of drug-likeness (QED) is 0.0410. The molecule has 0 spiro atoms. The molecule has 6 nitrogen and oxygen atoms in total. The summed E-state index contributed by atoms with van der Waals surface area (Å²) in [6, 6.07) is 29.0. The molecule has 234 valence electrons. The number of ketones is 1. The molecule has 0 aliphatic rings. The summed E-state index contributed by atoms with van der Waals surface area (Å²) < 4.78 is 11.2. The number of nitrogen functional groups attached to an aromatic ring is 2. The van der Waals surface area contributed by atoms with Crippen molar-refractivity contribution in [2.24, 2.45) is 0 Å². The van der Waals surface area contributed by atoms with Crippen molar-refractivity contribution in [2.75, 3.05) is 24.7 Å². The van der Waals surface area contributed by atoms with Crippen molar-refractivity contribution in [1.29, 1.82) is 0 Å². The Morgan fingerprint density at radius 1 is 0.667 bits per heavy atom. The van der Waals surface area contributed by atoms with E-state index in [2.05, 4.69) is 31.2 Å². The molecule has 45 heavy (non-hydrogen) atoms. The van der Waals surface area contributed by atoms with Crippen LogP contribution < -0.4 is 16.2 Å². The molecule has 0 fully saturated rings. The molecule has 0 heterocycles. The largest absolute Gasteiger partial charge is 0.494 e. The molecule has 4 aromatic carbocycles. The minimum Gasteiger partial charge on any atom is -0.494 e. The van der Waals surface area contributed by atoms with Crippen LogP contribution in [0.2, 0.25) is 0 Å². The van der Waals surface area contributed by atoms with Crippen molar-refractivity contribution in [1.82, 2.24) is 0 Å². The van der Waals surface area contributed by atoms with Gasteiger partial charge in [-0.25, -0.2) is 4.79 Å². The number of nitrogens with two attached hydrogens (primary N) is 2. The molecule has 0 radical (unpaired) electrons. The van der Waals surface area contributed by atoms with Gasteiger partial charge in [0.15, 0.2) is 5.78 Å². The molecule has 4 N–H and O–H groups in total. The fourth-order valence-corrected chi connectivity index (χ4v) is 5.00. The second kappa shape index (κ2) is 17.5. The highest BCUT2D eigenvalue weighted by Gasteiger charge is 2.09. The number of ether oxygens (including phenoxy) is 2. The van der Waals surface area contributed by atoms with Crippen LogP contribution in [0.3, 0.4) is 0 Å². The molecule has 0 aliphatic carbocycles. The lowest BCUT2D eigenvalue weighted by molar-refractivity contribution is 0.0497. The number of anilines is 2. The first kappa shape index (κ1) is 33.1. The molecule has 0 bridgehead atoms. The number of esters is 1. The Morgan fingerprint density at radius 3 is 1.93 bits per heavy atom. The summed E-state index contributed by atoms with van der Waals surface area (Å²) >= 11 is 0. The van der Waals surface area contributed by atoms with Crippen LogP contribution in [0.5, 0.6) is 5.75 Å². The molecule has 0 unspecified atom stereocenters. The van der Waals surface area contributed by atoms with E-state index in [4.69, 9.17) is 20.9 Å². The molecule has 0 aliphatic heterocycles. The first-order valence-corrected chi connectivity index (χ1v) is 15.9. The van der Waals surface area contributed by atoms with Crippen molar-refractivity contribution in [3.8, 4) is 16.9 Å². The number of unbranched alkanes of at least 4 members (excludes halogenated alkanes) is 5. The molecule has 4 rings (SSSR count). The maximum absolute atomic E-state index is 12.7. The van der Waals surface area contributed by atoms with E-state index in [1.807, 2.05) is 54.6 Å². The van der Waals surface area contributed by atoms with Crippen LogP contribution >= 0.6 is 0 Å². The van der Waals surface area contributed by atoms with Crippen molar-refractivity contribution < 1.29 is 19.1 Å². The van der Waals surface area contributed by atoms with E-state index in [1.54, 1.807) is 24.3 Å². The molecule has 0 aromatic heterocycles. The van der Waals surface area contributed by atoms with E-state index in [0.717, 1.165) is 54.5 Å². The highest BCUT2D eigenvalue weighted by Crippen LogP contribution is 2.22. The summed E-state index contributed by atoms with van der Waals surface area (Å²) in [5.41, 5.74) is 17.9. The lowest BCUT2D eigenvalue weighted by atomic mass is 9.99. The zero-order chi connectivity index (χ0) is 31.9. The SMILES string of the molecule is CCCCCc1ccc(-c2ccc(C(=O)/C=C/c3ccc(OCCCCCCOC(=O)c4cc(N)cc(N)c4)cc3)cc2)cc1. The number of benzene rings is 4. The molecule has 6 heteroatoms. The topological polar surface area (TPSA) is 105 Å². The van der Waals surface area contributed by atoms with E-state index >= 15 is 0 Å². The second-order valence-corrected chi connectivity index (χ2v) is 11.3. The molecule has 0 amide bonds. The second-order valence-electron chi connectivity index (χ2n) is 11.3. The normalized spacial score (nSPS) is 11.0. The number of rotatable bonds is 17. The zero-order valence-corrected chi connectivity index (χ0v) is 26.2. The molecule has 4 aromatic rings. The van der Waals surface area contributed by atoms with Gasteiger partial charge in [-0.05, 0) is 97.2 Å². The van der Waals surface area contributed by atoms with Gasteiger partial charge in [0.05, 0.1) is 18.8 Å². The summed E-state index contributed by atoms with van der Waals surface area (Å²) in [6.45, 7) is 3.18. The van der Waals surface area contributed by atoms with E-state index in [1.165, 1.54) is 24.8 Å². The Hall–Kier alpha value is -4.84. The van der Waals surface area contributed by atoms with Gasteiger partial charge >= 0.3 is 5.97 Å². The minimum atomic E-state index is -0.413. The standard InChI is InChI=1S/C39H44N2O4/c1-2-3-6-9-29-10-15-31(16-11-29)32-17-19-33(20-18-32)38(42)23-14-30-12-21-37(22-13-30)44-24-7-4-5-8-25-45-39(43)34-26-35(40)28-36(41)27-34/h10-23,26-28H,2-9,24-25,40-41H2,1H3/b23-14+. The Morgan fingerprint density at radius 2 is 1.29 bits per heavy atom. The third-order valence-corrected chi connectivity index (χ3v) is 7.59. The first-order valence-electron chi connectivity index (χ1n) is 15.9. The van der Waals surface area contributed by atoms with Crippen LogP contribution in [0.15, 0.2) is 97.1 Å². The van der Waals surface area contributed by atoms with Gasteiger partial charge in [0.25, 0.3) is 0 Å². The lowest BCUT2D eigenvalue weighted by Crippen LogP contribution is -2.08. The number of hydrogen-bond donors (Lipinski definition) is 2. The molecule has 0 saturated carbocycles. The third-order valence-electron chi connectivity index (χ3n) is 7.59. The number of hydrogen-bond acceptors (Lipinski definition) is 6. The summed E-state index contributed by atoms with van der Waals surface area (Å²) in [5.74, 6) is 0.347. The number of allylic oxidation sites excluding steroid dienone is 1. The van der Waals surface area contributed by atoms with Gasteiger partial charge in [0.2, 0.25) is 0 Å². The first-order chi connectivity index (χ1) is 21.9. The molecular formula is C39H44N2O4.